The minimum atomic E-state index is -3.90. The molecular formula is C23H24BrN3O3S. The molecular weight excluding hydrogens is 478 g/mol. The summed E-state index contributed by atoms with van der Waals surface area (Å²) in [5.41, 5.74) is 1.46. The number of para-hydroxylation sites is 1. The zero-order chi connectivity index (χ0) is 22.3. The van der Waals surface area contributed by atoms with Gasteiger partial charge in [0, 0.05) is 30.3 Å². The van der Waals surface area contributed by atoms with Crippen molar-refractivity contribution in [2.75, 3.05) is 35.9 Å². The van der Waals surface area contributed by atoms with E-state index in [0.717, 1.165) is 14.5 Å². The number of likely N-dealkylation sites (N-methyl/N-ethyl adjacent to an activating group) is 1. The number of carbonyl (C=O) groups is 1. The lowest BCUT2D eigenvalue weighted by atomic mass is 10.3. The molecule has 0 heterocycles. The Labute approximate surface area is 191 Å². The van der Waals surface area contributed by atoms with E-state index in [2.05, 4.69) is 21.2 Å². The molecule has 1 amide bonds. The van der Waals surface area contributed by atoms with Crippen molar-refractivity contribution in [1.82, 2.24) is 5.32 Å². The highest BCUT2D eigenvalue weighted by atomic mass is 79.9. The van der Waals surface area contributed by atoms with Gasteiger partial charge in [-0.15, -0.1) is 0 Å². The van der Waals surface area contributed by atoms with Crippen LogP contribution in [0.1, 0.15) is 0 Å². The van der Waals surface area contributed by atoms with Gasteiger partial charge >= 0.3 is 0 Å². The Kier molecular flexibility index (Phi) is 7.70. The molecule has 8 heteroatoms. The highest BCUT2D eigenvalue weighted by Gasteiger charge is 2.27. The summed E-state index contributed by atoms with van der Waals surface area (Å²) < 4.78 is 28.4. The van der Waals surface area contributed by atoms with Crippen molar-refractivity contribution >= 4 is 43.2 Å². The second-order valence-electron chi connectivity index (χ2n) is 6.91. The van der Waals surface area contributed by atoms with Gasteiger partial charge < -0.3 is 10.2 Å². The third kappa shape index (κ3) is 6.08. The largest absolute Gasteiger partial charge is 0.373 e. The van der Waals surface area contributed by atoms with Crippen LogP contribution in [0, 0.1) is 0 Å². The highest BCUT2D eigenvalue weighted by molar-refractivity contribution is 9.10. The lowest BCUT2D eigenvalue weighted by molar-refractivity contribution is -0.119. The Balaban J connectivity index is 1.71. The van der Waals surface area contributed by atoms with E-state index in [1.807, 2.05) is 42.3 Å². The quantitative estimate of drug-likeness (QED) is 0.482. The molecule has 0 aromatic heterocycles. The van der Waals surface area contributed by atoms with E-state index in [1.54, 1.807) is 42.5 Å². The first kappa shape index (κ1) is 22.8. The second-order valence-corrected chi connectivity index (χ2v) is 9.69. The van der Waals surface area contributed by atoms with Crippen molar-refractivity contribution in [2.24, 2.45) is 0 Å². The van der Waals surface area contributed by atoms with E-state index in [1.165, 1.54) is 12.1 Å². The Bertz CT molecular complexity index is 1090. The molecule has 1 N–H and O–H groups in total. The molecule has 0 unspecified atom stereocenters. The molecule has 0 fully saturated rings. The van der Waals surface area contributed by atoms with Crippen LogP contribution in [0.2, 0.25) is 0 Å². The molecule has 0 saturated carbocycles. The molecule has 31 heavy (non-hydrogen) atoms. The normalized spacial score (nSPS) is 11.0. The molecule has 0 aliphatic carbocycles. The van der Waals surface area contributed by atoms with Crippen LogP contribution >= 0.6 is 15.9 Å². The predicted molar refractivity (Wildman–Crippen MR) is 128 cm³/mol. The third-order valence-electron chi connectivity index (χ3n) is 4.70. The summed E-state index contributed by atoms with van der Waals surface area (Å²) in [5, 5.41) is 2.82. The summed E-state index contributed by atoms with van der Waals surface area (Å²) in [4.78, 5) is 14.8. The fraction of sp³-hybridized carbons (Fsp3) is 0.174. The molecule has 3 rings (SSSR count). The molecule has 3 aromatic rings. The molecule has 0 spiro atoms. The summed E-state index contributed by atoms with van der Waals surface area (Å²) in [6, 6.07) is 24.8. The minimum Gasteiger partial charge on any atom is -0.373 e. The number of hydrogen-bond donors (Lipinski definition) is 1. The molecule has 0 atom stereocenters. The number of halogens is 1. The van der Waals surface area contributed by atoms with Gasteiger partial charge in [0.25, 0.3) is 10.0 Å². The second kappa shape index (κ2) is 10.5. The summed E-state index contributed by atoms with van der Waals surface area (Å²) in [6.45, 7) is 0.678. The topological polar surface area (TPSA) is 69.7 Å². The van der Waals surface area contributed by atoms with Crippen LogP contribution in [0.5, 0.6) is 0 Å². The van der Waals surface area contributed by atoms with Crippen molar-refractivity contribution < 1.29 is 13.2 Å². The molecule has 0 radical (unpaired) electrons. The standard InChI is InChI=1S/C23H24BrN3O3S/c1-26(20-8-4-2-5-9-20)17-16-25-23(28)18-27(21-14-12-19(24)13-15-21)31(29,30)22-10-6-3-7-11-22/h2-15H,16-18H2,1H3,(H,25,28). The van der Waals surface area contributed by atoms with Gasteiger partial charge in [0.05, 0.1) is 10.6 Å². The first-order chi connectivity index (χ1) is 14.9. The lowest BCUT2D eigenvalue weighted by Gasteiger charge is -2.25. The zero-order valence-electron chi connectivity index (χ0n) is 17.1. The van der Waals surface area contributed by atoms with Crippen molar-refractivity contribution in [2.45, 2.75) is 4.90 Å². The number of sulfonamides is 1. The predicted octanol–water partition coefficient (Wildman–Crippen LogP) is 3.90. The fourth-order valence-corrected chi connectivity index (χ4v) is 4.71. The number of anilines is 2. The smallest absolute Gasteiger partial charge is 0.264 e. The third-order valence-corrected chi connectivity index (χ3v) is 7.02. The SMILES string of the molecule is CN(CCNC(=O)CN(c1ccc(Br)cc1)S(=O)(=O)c1ccccc1)c1ccccc1. The van der Waals surface area contributed by atoms with Crippen LogP contribution in [0.3, 0.4) is 0 Å². The Morgan fingerprint density at radius 1 is 0.871 bits per heavy atom. The monoisotopic (exact) mass is 501 g/mol. The van der Waals surface area contributed by atoms with Crippen LogP contribution in [-0.2, 0) is 14.8 Å². The van der Waals surface area contributed by atoms with Crippen LogP contribution in [-0.4, -0.2) is 41.0 Å². The summed E-state index contributed by atoms with van der Waals surface area (Å²) in [7, 11) is -1.96. The number of nitrogens with zero attached hydrogens (tertiary/aromatic N) is 2. The van der Waals surface area contributed by atoms with Crippen LogP contribution < -0.4 is 14.5 Å². The number of rotatable bonds is 9. The molecule has 3 aromatic carbocycles. The molecule has 0 aliphatic rings. The molecule has 0 saturated heterocycles. The Morgan fingerprint density at radius 3 is 2.06 bits per heavy atom. The van der Waals surface area contributed by atoms with Crippen molar-refractivity contribution in [1.29, 1.82) is 0 Å². The van der Waals surface area contributed by atoms with E-state index in [9.17, 15) is 13.2 Å². The zero-order valence-corrected chi connectivity index (χ0v) is 19.5. The van der Waals surface area contributed by atoms with Gasteiger partial charge in [-0.2, -0.15) is 0 Å². The van der Waals surface area contributed by atoms with Gasteiger partial charge in [-0.3, -0.25) is 9.10 Å². The average molecular weight is 502 g/mol. The lowest BCUT2D eigenvalue weighted by Crippen LogP contribution is -2.42. The summed E-state index contributed by atoms with van der Waals surface area (Å²) in [6.07, 6.45) is 0. The van der Waals surface area contributed by atoms with Gasteiger partial charge in [0.15, 0.2) is 0 Å². The maximum absolute atomic E-state index is 13.2. The van der Waals surface area contributed by atoms with E-state index < -0.39 is 10.0 Å². The van der Waals surface area contributed by atoms with Gasteiger partial charge in [0.1, 0.15) is 6.54 Å². The van der Waals surface area contributed by atoms with Crippen molar-refractivity contribution in [3.05, 3.63) is 89.4 Å². The molecule has 162 valence electrons. The number of carbonyl (C=O) groups excluding carboxylic acids is 1. The maximum Gasteiger partial charge on any atom is 0.264 e. The minimum absolute atomic E-state index is 0.134. The van der Waals surface area contributed by atoms with Gasteiger partial charge in [-0.05, 0) is 48.5 Å². The molecule has 0 bridgehead atoms. The van der Waals surface area contributed by atoms with Gasteiger partial charge in [-0.1, -0.05) is 52.3 Å². The Morgan fingerprint density at radius 2 is 1.45 bits per heavy atom. The first-order valence-electron chi connectivity index (χ1n) is 9.74. The van der Waals surface area contributed by atoms with Crippen LogP contribution in [0.15, 0.2) is 94.3 Å². The van der Waals surface area contributed by atoms with E-state index in [-0.39, 0.29) is 17.3 Å². The number of nitrogens with one attached hydrogen (secondary N) is 1. The number of hydrogen-bond acceptors (Lipinski definition) is 4. The molecule has 0 aliphatic heterocycles. The summed E-state index contributed by atoms with van der Waals surface area (Å²) >= 11 is 3.36. The number of benzene rings is 3. The van der Waals surface area contributed by atoms with Gasteiger partial charge in [-0.25, -0.2) is 8.42 Å². The van der Waals surface area contributed by atoms with E-state index in [4.69, 9.17) is 0 Å². The number of amides is 1. The summed E-state index contributed by atoms with van der Waals surface area (Å²) in [5.74, 6) is -0.371. The Hall–Kier alpha value is -2.84. The first-order valence-corrected chi connectivity index (χ1v) is 12.0. The highest BCUT2D eigenvalue weighted by Crippen LogP contribution is 2.25. The van der Waals surface area contributed by atoms with Crippen LogP contribution in [0.25, 0.3) is 0 Å². The molecule has 6 nitrogen and oxygen atoms in total. The van der Waals surface area contributed by atoms with Crippen molar-refractivity contribution in [3.63, 3.8) is 0 Å². The van der Waals surface area contributed by atoms with Gasteiger partial charge in [0.2, 0.25) is 5.91 Å². The van der Waals surface area contributed by atoms with E-state index >= 15 is 0 Å². The van der Waals surface area contributed by atoms with E-state index in [0.29, 0.717) is 18.8 Å². The van der Waals surface area contributed by atoms with Crippen LogP contribution in [0.4, 0.5) is 11.4 Å². The van der Waals surface area contributed by atoms with Crippen molar-refractivity contribution in [3.8, 4) is 0 Å². The fourth-order valence-electron chi connectivity index (χ4n) is 3.00. The maximum atomic E-state index is 13.2. The average Bonchev–Trinajstić information content (AvgIpc) is 2.79.